The normalized spacial score (nSPS) is 19.8. The van der Waals surface area contributed by atoms with Crippen molar-refractivity contribution in [3.05, 3.63) is 29.8 Å². The molecule has 0 aromatic heterocycles. The van der Waals surface area contributed by atoms with Crippen LogP contribution < -0.4 is 10.2 Å². The zero-order chi connectivity index (χ0) is 15.0. The summed E-state index contributed by atoms with van der Waals surface area (Å²) in [6, 6.07) is 8.54. The van der Waals surface area contributed by atoms with Crippen LogP contribution in [0.4, 0.5) is 10.5 Å². The van der Waals surface area contributed by atoms with Gasteiger partial charge in [-0.25, -0.2) is 4.79 Å². The molecule has 5 nitrogen and oxygen atoms in total. The van der Waals surface area contributed by atoms with Gasteiger partial charge in [0.2, 0.25) is 5.91 Å². The van der Waals surface area contributed by atoms with Gasteiger partial charge in [0.15, 0.2) is 0 Å². The van der Waals surface area contributed by atoms with E-state index in [1.54, 1.807) is 4.90 Å². The molecule has 0 unspecified atom stereocenters. The second-order valence-corrected chi connectivity index (χ2v) is 6.11. The number of nitrogens with zero attached hydrogens (tertiary/aromatic N) is 2. The number of amides is 3. The number of urea groups is 1. The second kappa shape index (κ2) is 5.39. The third kappa shape index (κ3) is 2.73. The Morgan fingerprint density at radius 3 is 2.67 bits per heavy atom. The Morgan fingerprint density at radius 1 is 1.24 bits per heavy atom. The first kappa shape index (κ1) is 13.9. The first-order chi connectivity index (χ1) is 10.0. The largest absolute Gasteiger partial charge is 0.367 e. The minimum Gasteiger partial charge on any atom is -0.367 e. The van der Waals surface area contributed by atoms with E-state index in [2.05, 4.69) is 48.3 Å². The van der Waals surface area contributed by atoms with Crippen molar-refractivity contribution in [1.82, 2.24) is 10.2 Å². The SMILES string of the molecule is CC(C)c1cccc(N2CC(N3CCC(=O)NC3=O)C2)c1. The highest BCUT2D eigenvalue weighted by Gasteiger charge is 2.37. The van der Waals surface area contributed by atoms with Crippen LogP contribution in [-0.4, -0.2) is 42.5 Å². The lowest BCUT2D eigenvalue weighted by Gasteiger charge is -2.47. The summed E-state index contributed by atoms with van der Waals surface area (Å²) < 4.78 is 0. The lowest BCUT2D eigenvalue weighted by atomic mass is 10.00. The summed E-state index contributed by atoms with van der Waals surface area (Å²) in [5, 5.41) is 2.39. The Balaban J connectivity index is 1.62. The van der Waals surface area contributed by atoms with Gasteiger partial charge in [-0.1, -0.05) is 26.0 Å². The predicted octanol–water partition coefficient (Wildman–Crippen LogP) is 1.94. The minimum absolute atomic E-state index is 0.169. The number of nitrogens with one attached hydrogen (secondary N) is 1. The van der Waals surface area contributed by atoms with Crippen molar-refractivity contribution in [2.24, 2.45) is 0 Å². The number of anilines is 1. The van der Waals surface area contributed by atoms with Crippen molar-refractivity contribution in [1.29, 1.82) is 0 Å². The third-order valence-electron chi connectivity index (χ3n) is 4.29. The summed E-state index contributed by atoms with van der Waals surface area (Å²) in [7, 11) is 0. The van der Waals surface area contributed by atoms with E-state index >= 15 is 0 Å². The second-order valence-electron chi connectivity index (χ2n) is 6.11. The third-order valence-corrected chi connectivity index (χ3v) is 4.29. The van der Waals surface area contributed by atoms with Gasteiger partial charge >= 0.3 is 6.03 Å². The van der Waals surface area contributed by atoms with Crippen LogP contribution in [0.5, 0.6) is 0 Å². The van der Waals surface area contributed by atoms with Gasteiger partial charge in [-0.05, 0) is 23.6 Å². The fourth-order valence-corrected chi connectivity index (χ4v) is 2.87. The zero-order valence-corrected chi connectivity index (χ0v) is 12.5. The number of carbonyl (C=O) groups is 2. The maximum Gasteiger partial charge on any atom is 0.324 e. The fraction of sp³-hybridized carbons (Fsp3) is 0.500. The van der Waals surface area contributed by atoms with Gasteiger partial charge in [0, 0.05) is 31.7 Å². The molecule has 2 heterocycles. The molecule has 0 atom stereocenters. The standard InChI is InChI=1S/C16H21N3O2/c1-11(2)12-4-3-5-13(8-12)18-9-14(10-18)19-7-6-15(20)17-16(19)21/h3-5,8,11,14H,6-7,9-10H2,1-2H3,(H,17,20,21). The summed E-state index contributed by atoms with van der Waals surface area (Å²) in [5.41, 5.74) is 2.54. The molecule has 2 fully saturated rings. The van der Waals surface area contributed by atoms with Crippen molar-refractivity contribution in [2.75, 3.05) is 24.5 Å². The highest BCUT2D eigenvalue weighted by molar-refractivity contribution is 5.96. The van der Waals surface area contributed by atoms with Gasteiger partial charge in [-0.15, -0.1) is 0 Å². The van der Waals surface area contributed by atoms with E-state index in [1.807, 2.05) is 0 Å². The lowest BCUT2D eigenvalue weighted by Crippen LogP contribution is -2.65. The quantitative estimate of drug-likeness (QED) is 0.924. The molecule has 21 heavy (non-hydrogen) atoms. The Labute approximate surface area is 124 Å². The molecule has 0 radical (unpaired) electrons. The molecule has 1 N–H and O–H groups in total. The van der Waals surface area contributed by atoms with Gasteiger partial charge in [0.25, 0.3) is 0 Å². The first-order valence-corrected chi connectivity index (χ1v) is 7.50. The molecule has 2 aliphatic rings. The molecule has 0 spiro atoms. The van der Waals surface area contributed by atoms with E-state index in [4.69, 9.17) is 0 Å². The molecule has 1 aromatic carbocycles. The number of benzene rings is 1. The molecule has 5 heteroatoms. The fourth-order valence-electron chi connectivity index (χ4n) is 2.87. The highest BCUT2D eigenvalue weighted by atomic mass is 16.2. The molecule has 2 saturated heterocycles. The first-order valence-electron chi connectivity index (χ1n) is 7.50. The summed E-state index contributed by atoms with van der Waals surface area (Å²) in [6.07, 6.45) is 0.408. The summed E-state index contributed by atoms with van der Waals surface area (Å²) in [5.74, 6) is 0.345. The molecule has 1 aromatic rings. The van der Waals surface area contributed by atoms with Crippen molar-refractivity contribution < 1.29 is 9.59 Å². The maximum atomic E-state index is 11.8. The molecule has 0 saturated carbocycles. The van der Waals surface area contributed by atoms with E-state index < -0.39 is 0 Å². The average Bonchev–Trinajstić information content (AvgIpc) is 2.40. The Bertz CT molecular complexity index is 564. The monoisotopic (exact) mass is 287 g/mol. The molecule has 3 rings (SSSR count). The van der Waals surface area contributed by atoms with Crippen molar-refractivity contribution in [2.45, 2.75) is 32.2 Å². The molecule has 3 amide bonds. The predicted molar refractivity (Wildman–Crippen MR) is 81.4 cm³/mol. The Hall–Kier alpha value is -2.04. The van der Waals surface area contributed by atoms with E-state index in [0.29, 0.717) is 18.9 Å². The van der Waals surface area contributed by atoms with Gasteiger partial charge < -0.3 is 9.80 Å². The number of imide groups is 1. The lowest BCUT2D eigenvalue weighted by molar-refractivity contribution is -0.121. The number of rotatable bonds is 3. The van der Waals surface area contributed by atoms with Crippen molar-refractivity contribution in [3.8, 4) is 0 Å². The highest BCUT2D eigenvalue weighted by Crippen LogP contribution is 2.27. The van der Waals surface area contributed by atoms with Crippen LogP contribution >= 0.6 is 0 Å². The maximum absolute atomic E-state index is 11.8. The van der Waals surface area contributed by atoms with Gasteiger partial charge in [-0.2, -0.15) is 0 Å². The van der Waals surface area contributed by atoms with Gasteiger partial charge in [0.05, 0.1) is 6.04 Å². The summed E-state index contributed by atoms with van der Waals surface area (Å²) in [4.78, 5) is 27.0. The summed E-state index contributed by atoms with van der Waals surface area (Å²) >= 11 is 0. The molecular weight excluding hydrogens is 266 g/mol. The topological polar surface area (TPSA) is 52.6 Å². The van der Waals surface area contributed by atoms with Crippen molar-refractivity contribution in [3.63, 3.8) is 0 Å². The Morgan fingerprint density at radius 2 is 2.00 bits per heavy atom. The molecule has 112 valence electrons. The van der Waals surface area contributed by atoms with Crippen LogP contribution in [-0.2, 0) is 4.79 Å². The van der Waals surface area contributed by atoms with Crippen LogP contribution in [0.15, 0.2) is 24.3 Å². The zero-order valence-electron chi connectivity index (χ0n) is 12.5. The van der Waals surface area contributed by atoms with E-state index in [1.165, 1.54) is 11.3 Å². The number of carbonyl (C=O) groups excluding carboxylic acids is 2. The van der Waals surface area contributed by atoms with Crippen LogP contribution in [0.2, 0.25) is 0 Å². The van der Waals surface area contributed by atoms with Crippen LogP contribution in [0.1, 0.15) is 31.7 Å². The molecule has 0 aliphatic carbocycles. The van der Waals surface area contributed by atoms with Gasteiger partial charge in [0.1, 0.15) is 0 Å². The number of hydrogen-bond donors (Lipinski definition) is 1. The average molecular weight is 287 g/mol. The Kier molecular flexibility index (Phi) is 3.57. The number of hydrogen-bond acceptors (Lipinski definition) is 3. The molecule has 0 bridgehead atoms. The minimum atomic E-state index is -0.244. The van der Waals surface area contributed by atoms with E-state index in [-0.39, 0.29) is 18.0 Å². The molecule has 2 aliphatic heterocycles. The van der Waals surface area contributed by atoms with Gasteiger partial charge in [-0.3, -0.25) is 10.1 Å². The van der Waals surface area contributed by atoms with E-state index in [9.17, 15) is 9.59 Å². The van der Waals surface area contributed by atoms with Crippen LogP contribution in [0.3, 0.4) is 0 Å². The van der Waals surface area contributed by atoms with Crippen LogP contribution in [0, 0.1) is 0 Å². The van der Waals surface area contributed by atoms with Crippen molar-refractivity contribution >= 4 is 17.6 Å². The van der Waals surface area contributed by atoms with Crippen LogP contribution in [0.25, 0.3) is 0 Å². The molecular formula is C16H21N3O2. The smallest absolute Gasteiger partial charge is 0.324 e. The van der Waals surface area contributed by atoms with E-state index in [0.717, 1.165) is 13.1 Å². The summed E-state index contributed by atoms with van der Waals surface area (Å²) in [6.45, 7) is 6.59.